The van der Waals surface area contributed by atoms with Crippen molar-refractivity contribution < 1.29 is 9.53 Å². The average molecular weight is 278 g/mol. The molecule has 0 unspecified atom stereocenters. The first kappa shape index (κ1) is 14.7. The van der Waals surface area contributed by atoms with Crippen LogP contribution in [0.2, 0.25) is 0 Å². The van der Waals surface area contributed by atoms with Crippen LogP contribution in [-0.4, -0.2) is 30.6 Å². The molecule has 1 amide bonds. The highest BCUT2D eigenvalue weighted by atomic mass is 16.5. The molecule has 20 heavy (non-hydrogen) atoms. The molecule has 6 nitrogen and oxygen atoms in total. The summed E-state index contributed by atoms with van der Waals surface area (Å²) in [5, 5.41) is 2.97. The highest BCUT2D eigenvalue weighted by Crippen LogP contribution is 2.28. The van der Waals surface area contributed by atoms with Crippen LogP contribution in [0.3, 0.4) is 0 Å². The molecule has 1 aliphatic rings. The van der Waals surface area contributed by atoms with Crippen LogP contribution in [0.25, 0.3) is 0 Å². The van der Waals surface area contributed by atoms with E-state index in [4.69, 9.17) is 10.6 Å². The fourth-order valence-electron chi connectivity index (χ4n) is 2.29. The van der Waals surface area contributed by atoms with E-state index in [1.54, 1.807) is 12.3 Å². The Morgan fingerprint density at radius 1 is 1.50 bits per heavy atom. The molecule has 0 atom stereocenters. The first-order valence-electron chi connectivity index (χ1n) is 6.83. The summed E-state index contributed by atoms with van der Waals surface area (Å²) in [5.41, 5.74) is 4.51. The molecule has 110 valence electrons. The maximum absolute atomic E-state index is 12.2. The molecule has 0 spiro atoms. The minimum atomic E-state index is -0.154. The molecule has 0 radical (unpaired) electrons. The number of aryl methyl sites for hydroxylation is 1. The first-order valence-corrected chi connectivity index (χ1v) is 6.83. The zero-order valence-electron chi connectivity index (χ0n) is 12.0. The minimum Gasteiger partial charge on any atom is -0.381 e. The number of anilines is 1. The van der Waals surface area contributed by atoms with E-state index < -0.39 is 0 Å². The predicted molar refractivity (Wildman–Crippen MR) is 77.3 cm³/mol. The Morgan fingerprint density at radius 3 is 2.85 bits per heavy atom. The van der Waals surface area contributed by atoms with Gasteiger partial charge in [0.15, 0.2) is 0 Å². The summed E-state index contributed by atoms with van der Waals surface area (Å²) in [6, 6.07) is 1.76. The highest BCUT2D eigenvalue weighted by molar-refractivity contribution is 5.99. The van der Waals surface area contributed by atoms with E-state index in [2.05, 4.69) is 22.7 Å². The number of nitrogens with two attached hydrogens (primary N) is 1. The van der Waals surface area contributed by atoms with Gasteiger partial charge in [0.1, 0.15) is 0 Å². The number of pyridine rings is 1. The molecule has 6 heteroatoms. The zero-order valence-corrected chi connectivity index (χ0v) is 12.0. The van der Waals surface area contributed by atoms with Crippen LogP contribution >= 0.6 is 0 Å². The molecule has 1 saturated heterocycles. The molecule has 1 aliphatic heterocycles. The lowest BCUT2D eigenvalue weighted by molar-refractivity contribution is 0.0238. The first-order chi connectivity index (χ1) is 9.54. The van der Waals surface area contributed by atoms with E-state index in [1.165, 1.54) is 0 Å². The average Bonchev–Trinajstić information content (AvgIpc) is 2.45. The largest absolute Gasteiger partial charge is 0.381 e. The number of aromatic nitrogens is 1. The van der Waals surface area contributed by atoms with Gasteiger partial charge in [0.25, 0.3) is 5.91 Å². The molecule has 0 bridgehead atoms. The summed E-state index contributed by atoms with van der Waals surface area (Å²) < 4.78 is 5.36. The number of nitrogen functional groups attached to an aromatic ring is 1. The normalized spacial score (nSPS) is 17.6. The Kier molecular flexibility index (Phi) is 4.57. The Balaban J connectivity index is 2.01. The van der Waals surface area contributed by atoms with Crippen molar-refractivity contribution in [2.45, 2.75) is 26.7 Å². The van der Waals surface area contributed by atoms with Crippen LogP contribution < -0.4 is 16.6 Å². The van der Waals surface area contributed by atoms with Crippen molar-refractivity contribution in [2.75, 3.05) is 25.2 Å². The van der Waals surface area contributed by atoms with Gasteiger partial charge in [0.2, 0.25) is 0 Å². The Labute approximate surface area is 119 Å². The maximum Gasteiger partial charge on any atom is 0.255 e. The summed E-state index contributed by atoms with van der Waals surface area (Å²) >= 11 is 0. The third-order valence-electron chi connectivity index (χ3n) is 3.82. The Hall–Kier alpha value is -1.66. The number of ether oxygens (including phenoxy) is 1. The molecule has 1 fully saturated rings. The van der Waals surface area contributed by atoms with Crippen molar-refractivity contribution in [2.24, 2.45) is 11.3 Å². The summed E-state index contributed by atoms with van der Waals surface area (Å²) in [6.07, 6.45) is 3.47. The van der Waals surface area contributed by atoms with Crippen LogP contribution in [0.15, 0.2) is 12.3 Å². The summed E-state index contributed by atoms with van der Waals surface area (Å²) in [7, 11) is 0. The quantitative estimate of drug-likeness (QED) is 0.569. The van der Waals surface area contributed by atoms with Crippen molar-refractivity contribution >= 4 is 11.6 Å². The van der Waals surface area contributed by atoms with Crippen molar-refractivity contribution in [3.05, 3.63) is 23.5 Å². The van der Waals surface area contributed by atoms with Gasteiger partial charge in [-0.25, -0.2) is 0 Å². The van der Waals surface area contributed by atoms with Crippen molar-refractivity contribution in [1.82, 2.24) is 10.3 Å². The van der Waals surface area contributed by atoms with E-state index in [1.807, 2.05) is 6.92 Å². The summed E-state index contributed by atoms with van der Waals surface area (Å²) in [6.45, 7) is 6.17. The second kappa shape index (κ2) is 6.19. The molecular weight excluding hydrogens is 256 g/mol. The van der Waals surface area contributed by atoms with Gasteiger partial charge in [0.05, 0.1) is 11.3 Å². The lowest BCUT2D eigenvalue weighted by Crippen LogP contribution is -2.39. The molecule has 0 aliphatic carbocycles. The third-order valence-corrected chi connectivity index (χ3v) is 3.82. The van der Waals surface area contributed by atoms with Gasteiger partial charge in [-0.2, -0.15) is 0 Å². The number of rotatable bonds is 4. The monoisotopic (exact) mass is 278 g/mol. The minimum absolute atomic E-state index is 0.0995. The van der Waals surface area contributed by atoms with Gasteiger partial charge >= 0.3 is 0 Å². The molecule has 1 aromatic heterocycles. The number of nitrogens with one attached hydrogen (secondary N) is 2. The van der Waals surface area contributed by atoms with Gasteiger partial charge in [-0.15, -0.1) is 0 Å². The third kappa shape index (κ3) is 3.46. The SMILES string of the molecule is Cc1cc(NN)c(C(=O)NCC2(C)CCOCC2)cn1. The van der Waals surface area contributed by atoms with Gasteiger partial charge < -0.3 is 15.5 Å². The van der Waals surface area contributed by atoms with Crippen LogP contribution in [-0.2, 0) is 4.74 Å². The molecule has 2 rings (SSSR count). The Bertz CT molecular complexity index is 484. The molecule has 0 saturated carbocycles. The Morgan fingerprint density at radius 2 is 2.20 bits per heavy atom. The van der Waals surface area contributed by atoms with Crippen molar-refractivity contribution in [3.63, 3.8) is 0 Å². The van der Waals surface area contributed by atoms with Crippen LogP contribution in [0.1, 0.15) is 35.8 Å². The standard InChI is InChI=1S/C14H22N4O2/c1-10-7-12(18-15)11(8-16-10)13(19)17-9-14(2)3-5-20-6-4-14/h7-8H,3-6,9,15H2,1-2H3,(H,16,18)(H,17,19). The number of amides is 1. The maximum atomic E-state index is 12.2. The van der Waals surface area contributed by atoms with E-state index in [0.29, 0.717) is 17.8 Å². The lowest BCUT2D eigenvalue weighted by Gasteiger charge is -2.33. The smallest absolute Gasteiger partial charge is 0.255 e. The molecule has 4 N–H and O–H groups in total. The van der Waals surface area contributed by atoms with E-state index in [0.717, 1.165) is 31.7 Å². The van der Waals surface area contributed by atoms with Crippen LogP contribution in [0, 0.1) is 12.3 Å². The zero-order chi connectivity index (χ0) is 14.6. The summed E-state index contributed by atoms with van der Waals surface area (Å²) in [4.78, 5) is 16.4. The summed E-state index contributed by atoms with van der Waals surface area (Å²) in [5.74, 6) is 5.29. The van der Waals surface area contributed by atoms with E-state index in [-0.39, 0.29) is 11.3 Å². The highest BCUT2D eigenvalue weighted by Gasteiger charge is 2.28. The lowest BCUT2D eigenvalue weighted by atomic mass is 9.82. The topological polar surface area (TPSA) is 89.3 Å². The second-order valence-corrected chi connectivity index (χ2v) is 5.62. The fraction of sp³-hybridized carbons (Fsp3) is 0.571. The molecule has 1 aromatic rings. The second-order valence-electron chi connectivity index (χ2n) is 5.62. The predicted octanol–water partition coefficient (Wildman–Crippen LogP) is 1.22. The molecule has 2 heterocycles. The van der Waals surface area contributed by atoms with Crippen molar-refractivity contribution in [3.8, 4) is 0 Å². The van der Waals surface area contributed by atoms with Gasteiger partial charge in [-0.05, 0) is 31.2 Å². The number of carbonyl (C=O) groups excluding carboxylic acids is 1. The number of nitrogens with zero attached hydrogens (tertiary/aromatic N) is 1. The number of hydrogen-bond acceptors (Lipinski definition) is 5. The fourth-order valence-corrected chi connectivity index (χ4v) is 2.29. The van der Waals surface area contributed by atoms with E-state index >= 15 is 0 Å². The van der Waals surface area contributed by atoms with Gasteiger partial charge in [-0.3, -0.25) is 15.6 Å². The van der Waals surface area contributed by atoms with Crippen LogP contribution in [0.4, 0.5) is 5.69 Å². The van der Waals surface area contributed by atoms with Gasteiger partial charge in [0, 0.05) is 31.6 Å². The molecular formula is C14H22N4O2. The van der Waals surface area contributed by atoms with Crippen molar-refractivity contribution in [1.29, 1.82) is 0 Å². The number of hydrazine groups is 1. The molecule has 0 aromatic carbocycles. The number of hydrogen-bond donors (Lipinski definition) is 3. The van der Waals surface area contributed by atoms with Crippen LogP contribution in [0.5, 0.6) is 0 Å². The van der Waals surface area contributed by atoms with Gasteiger partial charge in [-0.1, -0.05) is 6.92 Å². The number of carbonyl (C=O) groups is 1. The van der Waals surface area contributed by atoms with E-state index in [9.17, 15) is 4.79 Å².